The fourth-order valence-corrected chi connectivity index (χ4v) is 3.43. The average Bonchev–Trinajstić information content (AvgIpc) is 2.77. The van der Waals surface area contributed by atoms with Crippen LogP contribution in [-0.2, 0) is 9.59 Å². The maximum absolute atomic E-state index is 12.0. The lowest BCUT2D eigenvalue weighted by Crippen LogP contribution is -2.48. The molecule has 2 amide bonds. The summed E-state index contributed by atoms with van der Waals surface area (Å²) in [5.74, 6) is -0.439. The number of carbonyl (C=O) groups is 2. The molecule has 0 spiro atoms. The Morgan fingerprint density at radius 2 is 1.63 bits per heavy atom. The number of amides is 2. The van der Waals surface area contributed by atoms with Crippen LogP contribution in [0.2, 0.25) is 10.0 Å². The summed E-state index contributed by atoms with van der Waals surface area (Å²) in [4.78, 5) is 28.4. The van der Waals surface area contributed by atoms with Crippen LogP contribution in [0.1, 0.15) is 6.42 Å². The van der Waals surface area contributed by atoms with Crippen LogP contribution >= 0.6 is 23.2 Å². The number of benzene rings is 2. The van der Waals surface area contributed by atoms with Gasteiger partial charge in [0.2, 0.25) is 5.91 Å². The van der Waals surface area contributed by atoms with Crippen LogP contribution in [0.5, 0.6) is 5.75 Å². The third-order valence-corrected chi connectivity index (χ3v) is 5.29. The Labute approximate surface area is 185 Å². The monoisotopic (exact) mass is 450 g/mol. The van der Waals surface area contributed by atoms with Crippen LogP contribution in [0.15, 0.2) is 48.5 Å². The zero-order valence-corrected chi connectivity index (χ0v) is 18.0. The number of hydrogen-bond donors (Lipinski definition) is 2. The standard InChI is InChI=1S/C21H24Cl2N4O3/c22-16-6-7-18(23)19(14-16)30-15-21(29)25-24-20(28)8-9-26-10-12-27(13-11-26)17-4-2-1-3-5-17/h1-7,14H,8-13,15H2,(H,24,28)(H,25,29). The molecule has 2 aromatic carbocycles. The van der Waals surface area contributed by atoms with E-state index in [2.05, 4.69) is 32.8 Å². The average molecular weight is 451 g/mol. The van der Waals surface area contributed by atoms with Gasteiger partial charge in [-0.05, 0) is 24.3 Å². The van der Waals surface area contributed by atoms with E-state index in [1.54, 1.807) is 12.1 Å². The van der Waals surface area contributed by atoms with Gasteiger partial charge in [-0.25, -0.2) is 0 Å². The summed E-state index contributed by atoms with van der Waals surface area (Å²) in [5.41, 5.74) is 5.96. The van der Waals surface area contributed by atoms with Gasteiger partial charge in [-0.3, -0.25) is 25.3 Å². The fraction of sp³-hybridized carbons (Fsp3) is 0.333. The van der Waals surface area contributed by atoms with Gasteiger partial charge >= 0.3 is 0 Å². The highest BCUT2D eigenvalue weighted by Gasteiger charge is 2.17. The molecule has 0 bridgehead atoms. The molecule has 0 saturated carbocycles. The van der Waals surface area contributed by atoms with Crippen LogP contribution in [0.3, 0.4) is 0 Å². The summed E-state index contributed by atoms with van der Waals surface area (Å²) in [6.45, 7) is 3.98. The third-order valence-electron chi connectivity index (χ3n) is 4.74. The van der Waals surface area contributed by atoms with Gasteiger partial charge in [-0.15, -0.1) is 0 Å². The Balaban J connectivity index is 1.30. The van der Waals surface area contributed by atoms with Gasteiger partial charge in [0.25, 0.3) is 5.91 Å². The summed E-state index contributed by atoms with van der Waals surface area (Å²) in [6, 6.07) is 15.0. The van der Waals surface area contributed by atoms with Crippen LogP contribution in [0, 0.1) is 0 Å². The smallest absolute Gasteiger partial charge is 0.276 e. The summed E-state index contributed by atoms with van der Waals surface area (Å²) in [5, 5.41) is 0.802. The summed E-state index contributed by atoms with van der Waals surface area (Å²) < 4.78 is 5.32. The molecule has 1 heterocycles. The molecular weight excluding hydrogens is 427 g/mol. The molecule has 0 unspecified atom stereocenters. The summed E-state index contributed by atoms with van der Waals surface area (Å²) >= 11 is 11.8. The molecule has 0 aromatic heterocycles. The minimum absolute atomic E-state index is 0.255. The van der Waals surface area contributed by atoms with Crippen molar-refractivity contribution >= 4 is 40.7 Å². The minimum Gasteiger partial charge on any atom is -0.482 e. The number of nitrogens with one attached hydrogen (secondary N) is 2. The molecule has 1 aliphatic rings. The molecule has 3 rings (SSSR count). The Kier molecular flexibility index (Phi) is 8.19. The second-order valence-electron chi connectivity index (χ2n) is 6.87. The molecule has 1 aliphatic heterocycles. The number of hydrazine groups is 1. The van der Waals surface area contributed by atoms with Gasteiger partial charge in [0, 0.05) is 55.9 Å². The minimum atomic E-state index is -0.490. The molecule has 2 N–H and O–H groups in total. The first-order chi connectivity index (χ1) is 14.5. The lowest BCUT2D eigenvalue weighted by Gasteiger charge is -2.36. The van der Waals surface area contributed by atoms with Crippen molar-refractivity contribution in [2.24, 2.45) is 0 Å². The highest BCUT2D eigenvalue weighted by atomic mass is 35.5. The second kappa shape index (κ2) is 11.1. The maximum Gasteiger partial charge on any atom is 0.276 e. The molecule has 1 fully saturated rings. The van der Waals surface area contributed by atoms with E-state index in [0.717, 1.165) is 26.2 Å². The van der Waals surface area contributed by atoms with Crippen molar-refractivity contribution in [3.63, 3.8) is 0 Å². The number of anilines is 1. The maximum atomic E-state index is 12.0. The van der Waals surface area contributed by atoms with Crippen molar-refractivity contribution in [1.29, 1.82) is 0 Å². The molecule has 2 aromatic rings. The molecular formula is C21H24Cl2N4O3. The first-order valence-electron chi connectivity index (χ1n) is 9.69. The number of rotatable bonds is 7. The number of ether oxygens (including phenoxy) is 1. The van der Waals surface area contributed by atoms with Gasteiger partial charge in [-0.1, -0.05) is 41.4 Å². The fourth-order valence-electron chi connectivity index (χ4n) is 3.10. The second-order valence-corrected chi connectivity index (χ2v) is 7.72. The van der Waals surface area contributed by atoms with Gasteiger partial charge < -0.3 is 9.64 Å². The zero-order chi connectivity index (χ0) is 21.3. The van der Waals surface area contributed by atoms with Crippen molar-refractivity contribution in [3.05, 3.63) is 58.6 Å². The SMILES string of the molecule is O=C(CCN1CCN(c2ccccc2)CC1)NNC(=O)COc1cc(Cl)ccc1Cl. The number of halogens is 2. The van der Waals surface area contributed by atoms with E-state index in [1.165, 1.54) is 11.8 Å². The number of piperazine rings is 1. The van der Waals surface area contributed by atoms with Crippen LogP contribution in [-0.4, -0.2) is 56.0 Å². The predicted octanol–water partition coefficient (Wildman–Crippen LogP) is 2.73. The summed E-state index contributed by atoms with van der Waals surface area (Å²) in [7, 11) is 0. The van der Waals surface area contributed by atoms with E-state index in [0.29, 0.717) is 28.8 Å². The normalized spacial score (nSPS) is 14.3. The predicted molar refractivity (Wildman–Crippen MR) is 118 cm³/mol. The Hall–Kier alpha value is -2.48. The molecule has 0 atom stereocenters. The van der Waals surface area contributed by atoms with Crippen LogP contribution in [0.4, 0.5) is 5.69 Å². The first-order valence-corrected chi connectivity index (χ1v) is 10.4. The zero-order valence-electron chi connectivity index (χ0n) is 16.4. The van der Waals surface area contributed by atoms with Crippen LogP contribution in [0.25, 0.3) is 0 Å². The number of carbonyl (C=O) groups excluding carboxylic acids is 2. The van der Waals surface area contributed by atoms with Crippen molar-refractivity contribution < 1.29 is 14.3 Å². The van der Waals surface area contributed by atoms with Crippen molar-refractivity contribution in [3.8, 4) is 5.75 Å². The van der Waals surface area contributed by atoms with E-state index < -0.39 is 5.91 Å². The molecule has 160 valence electrons. The van der Waals surface area contributed by atoms with E-state index in [9.17, 15) is 9.59 Å². The molecule has 0 aliphatic carbocycles. The molecule has 7 nitrogen and oxygen atoms in total. The van der Waals surface area contributed by atoms with Crippen molar-refractivity contribution in [2.45, 2.75) is 6.42 Å². The summed E-state index contributed by atoms with van der Waals surface area (Å²) in [6.07, 6.45) is 0.298. The molecule has 9 heteroatoms. The topological polar surface area (TPSA) is 73.9 Å². The number of nitrogens with zero attached hydrogens (tertiary/aromatic N) is 2. The third kappa shape index (κ3) is 6.79. The Bertz CT molecular complexity index is 859. The van der Waals surface area contributed by atoms with E-state index in [-0.39, 0.29) is 12.5 Å². The molecule has 1 saturated heterocycles. The quantitative estimate of drug-likeness (QED) is 0.634. The first kappa shape index (κ1) is 22.2. The Morgan fingerprint density at radius 1 is 0.933 bits per heavy atom. The van der Waals surface area contributed by atoms with E-state index in [4.69, 9.17) is 27.9 Å². The number of hydrogen-bond acceptors (Lipinski definition) is 5. The highest BCUT2D eigenvalue weighted by Crippen LogP contribution is 2.27. The van der Waals surface area contributed by atoms with E-state index in [1.807, 2.05) is 18.2 Å². The Morgan fingerprint density at radius 3 is 2.37 bits per heavy atom. The van der Waals surface area contributed by atoms with Gasteiger partial charge in [0.1, 0.15) is 5.75 Å². The highest BCUT2D eigenvalue weighted by molar-refractivity contribution is 6.34. The van der Waals surface area contributed by atoms with Crippen molar-refractivity contribution in [2.75, 3.05) is 44.2 Å². The van der Waals surface area contributed by atoms with Gasteiger partial charge in [-0.2, -0.15) is 0 Å². The number of para-hydroxylation sites is 1. The lowest BCUT2D eigenvalue weighted by atomic mass is 10.2. The lowest BCUT2D eigenvalue weighted by molar-refractivity contribution is -0.130. The van der Waals surface area contributed by atoms with Gasteiger partial charge in [0.15, 0.2) is 6.61 Å². The molecule has 0 radical (unpaired) electrons. The van der Waals surface area contributed by atoms with Crippen molar-refractivity contribution in [1.82, 2.24) is 15.8 Å². The molecule has 30 heavy (non-hydrogen) atoms. The largest absolute Gasteiger partial charge is 0.482 e. The van der Waals surface area contributed by atoms with E-state index >= 15 is 0 Å². The van der Waals surface area contributed by atoms with Gasteiger partial charge in [0.05, 0.1) is 5.02 Å². The van der Waals surface area contributed by atoms with Crippen LogP contribution < -0.4 is 20.5 Å².